The van der Waals surface area contributed by atoms with Crippen molar-refractivity contribution >= 4 is 73.1 Å². The summed E-state index contributed by atoms with van der Waals surface area (Å²) in [4.78, 5) is 36.9. The number of aliphatic carboxylic acids is 1. The fourth-order valence-electron chi connectivity index (χ4n) is 6.75. The van der Waals surface area contributed by atoms with E-state index in [2.05, 4.69) is 48.0 Å². The fourth-order valence-corrected chi connectivity index (χ4v) is 8.94. The number of sulfonamides is 1. The average molecular weight is 824 g/mol. The summed E-state index contributed by atoms with van der Waals surface area (Å²) in [5.41, 5.74) is 4.42. The van der Waals surface area contributed by atoms with Gasteiger partial charge in [0.05, 0.1) is 21.8 Å². The molecular weight excluding hydrogens is 786 g/mol. The molecule has 1 saturated heterocycles. The van der Waals surface area contributed by atoms with Crippen LogP contribution in [0.25, 0.3) is 22.0 Å². The van der Waals surface area contributed by atoms with Crippen molar-refractivity contribution in [1.82, 2.24) is 14.9 Å². The van der Waals surface area contributed by atoms with Gasteiger partial charge in [-0.3, -0.25) is 24.5 Å². The number of rotatable bonds is 15. The molecule has 57 heavy (non-hydrogen) atoms. The molecule has 1 aliphatic rings. The summed E-state index contributed by atoms with van der Waals surface area (Å²) in [6, 6.07) is 33.9. The lowest BCUT2D eigenvalue weighted by molar-refractivity contribution is -0.384. The van der Waals surface area contributed by atoms with E-state index >= 15 is 0 Å². The first-order valence-corrected chi connectivity index (χ1v) is 20.9. The molecule has 1 fully saturated rings. The highest BCUT2D eigenvalue weighted by Gasteiger charge is 2.26. The first kappa shape index (κ1) is 39.5. The second-order valence-corrected chi connectivity index (χ2v) is 16.7. The van der Waals surface area contributed by atoms with Gasteiger partial charge >= 0.3 is 5.97 Å². The van der Waals surface area contributed by atoms with Crippen LogP contribution in [0.4, 0.5) is 22.9 Å². The first-order valence-electron chi connectivity index (χ1n) is 18.1. The van der Waals surface area contributed by atoms with Crippen LogP contribution in [-0.4, -0.2) is 77.3 Å². The zero-order chi connectivity index (χ0) is 39.9. The van der Waals surface area contributed by atoms with Crippen LogP contribution in [0.5, 0.6) is 0 Å². The molecule has 0 spiro atoms. The highest BCUT2D eigenvalue weighted by atomic mass is 35.5. The van der Waals surface area contributed by atoms with Crippen LogP contribution in [0.2, 0.25) is 5.02 Å². The zero-order valence-electron chi connectivity index (χ0n) is 30.5. The van der Waals surface area contributed by atoms with Gasteiger partial charge in [-0.25, -0.2) is 18.4 Å². The number of thioether (sulfide) groups is 1. The van der Waals surface area contributed by atoms with Crippen LogP contribution in [0.1, 0.15) is 12.0 Å². The van der Waals surface area contributed by atoms with Gasteiger partial charge in [0.2, 0.25) is 0 Å². The third kappa shape index (κ3) is 9.81. The molecule has 1 aromatic heterocycles. The lowest BCUT2D eigenvalue weighted by atomic mass is 9.99. The normalized spacial score (nSPS) is 13.9. The second kappa shape index (κ2) is 17.6. The molecule has 3 N–H and O–H groups in total. The van der Waals surface area contributed by atoms with E-state index in [-0.39, 0.29) is 22.8 Å². The Kier molecular flexibility index (Phi) is 12.2. The highest BCUT2D eigenvalue weighted by Crippen LogP contribution is 2.33. The van der Waals surface area contributed by atoms with Gasteiger partial charge in [-0.15, -0.1) is 11.8 Å². The van der Waals surface area contributed by atoms with Gasteiger partial charge < -0.3 is 15.3 Å². The number of fused-ring (bicyclic) bond motifs is 1. The van der Waals surface area contributed by atoms with Gasteiger partial charge in [-0.2, -0.15) is 0 Å². The maximum atomic E-state index is 13.6. The molecule has 13 nitrogen and oxygen atoms in total. The highest BCUT2D eigenvalue weighted by molar-refractivity contribution is 7.99. The Balaban J connectivity index is 1.03. The number of nitrogens with zero attached hydrogens (tertiary/aromatic N) is 5. The van der Waals surface area contributed by atoms with Crippen molar-refractivity contribution in [2.24, 2.45) is 0 Å². The van der Waals surface area contributed by atoms with E-state index in [4.69, 9.17) is 11.6 Å². The minimum absolute atomic E-state index is 0.00103. The van der Waals surface area contributed by atoms with Crippen LogP contribution in [0.15, 0.2) is 131 Å². The summed E-state index contributed by atoms with van der Waals surface area (Å²) in [6.45, 7) is 3.93. The molecule has 0 amide bonds. The molecule has 6 aromatic rings. The van der Waals surface area contributed by atoms with Crippen LogP contribution >= 0.6 is 23.4 Å². The van der Waals surface area contributed by atoms with E-state index in [9.17, 15) is 28.4 Å². The standard InChI is InChI=1S/C41H38ClN7O6S2/c42-30-11-14-35(28-7-3-1-4-8-28)29(21-30)25-47-17-19-48(20-18-47)32-12-15-36-38(23-32)43-27-44-41(36)46-57(54,55)34-13-16-37(39(24-34)49(52)53)45-31(22-40(50)51)26-56-33-9-5-2-6-10-33/h1-16,21,23-24,27,31,45H,17-20,22,25-26H2,(H,50,51)(H,43,44,46)/t31-/m1/s1. The van der Waals surface area contributed by atoms with E-state index in [1.807, 2.05) is 72.8 Å². The molecule has 0 radical (unpaired) electrons. The van der Waals surface area contributed by atoms with Crippen molar-refractivity contribution in [2.75, 3.05) is 46.9 Å². The lowest BCUT2D eigenvalue weighted by Gasteiger charge is -2.36. The third-order valence-corrected chi connectivity index (χ3v) is 12.3. The molecule has 292 valence electrons. The number of anilines is 3. The third-order valence-electron chi connectivity index (χ3n) is 9.59. The second-order valence-electron chi connectivity index (χ2n) is 13.5. The average Bonchev–Trinajstić information content (AvgIpc) is 3.20. The number of hydrogen-bond donors (Lipinski definition) is 3. The Morgan fingerprint density at radius 2 is 1.65 bits per heavy atom. The number of nitro groups is 1. The molecule has 1 atom stereocenters. The first-order chi connectivity index (χ1) is 27.5. The smallest absolute Gasteiger partial charge is 0.305 e. The van der Waals surface area contributed by atoms with Crippen molar-refractivity contribution < 1.29 is 23.2 Å². The largest absolute Gasteiger partial charge is 0.481 e. The number of benzene rings is 5. The SMILES string of the molecule is O=C(O)C[C@H](CSc1ccccc1)Nc1ccc(S(=O)(=O)Nc2ncnc3cc(N4CCN(Cc5cc(Cl)ccc5-c5ccccc5)CC4)ccc23)cc1[N+](=O)[O-]. The van der Waals surface area contributed by atoms with E-state index in [1.165, 1.54) is 35.8 Å². The number of nitrogens with one attached hydrogen (secondary N) is 2. The summed E-state index contributed by atoms with van der Waals surface area (Å²) in [5.74, 6) is -0.758. The summed E-state index contributed by atoms with van der Waals surface area (Å²) in [5, 5.41) is 25.8. The van der Waals surface area contributed by atoms with Crippen molar-refractivity contribution in [3.05, 3.63) is 142 Å². The maximum Gasteiger partial charge on any atom is 0.305 e. The van der Waals surface area contributed by atoms with Gasteiger partial charge in [0, 0.05) is 71.6 Å². The molecule has 0 saturated carbocycles. The number of halogens is 1. The molecule has 5 aromatic carbocycles. The van der Waals surface area contributed by atoms with Crippen LogP contribution in [0.3, 0.4) is 0 Å². The van der Waals surface area contributed by atoms with Crippen LogP contribution in [-0.2, 0) is 21.4 Å². The summed E-state index contributed by atoms with van der Waals surface area (Å²) in [6.07, 6.45) is 0.958. The Hall–Kier alpha value is -5.74. The Bertz CT molecular complexity index is 2510. The predicted molar refractivity (Wildman–Crippen MR) is 225 cm³/mol. The lowest BCUT2D eigenvalue weighted by Crippen LogP contribution is -2.46. The Morgan fingerprint density at radius 1 is 0.912 bits per heavy atom. The molecule has 7 rings (SSSR count). The quantitative estimate of drug-likeness (QED) is 0.0518. The molecule has 0 unspecified atom stereocenters. The number of nitro benzene ring substituents is 1. The number of carboxylic acid groups (broad SMARTS) is 1. The minimum Gasteiger partial charge on any atom is -0.481 e. The number of carboxylic acids is 1. The van der Waals surface area contributed by atoms with Crippen molar-refractivity contribution in [1.29, 1.82) is 0 Å². The summed E-state index contributed by atoms with van der Waals surface area (Å²) in [7, 11) is -4.35. The topological polar surface area (TPSA) is 171 Å². The molecule has 1 aliphatic heterocycles. The van der Waals surface area contributed by atoms with Gasteiger partial charge in [-0.1, -0.05) is 66.2 Å². The number of hydrogen-bond acceptors (Lipinski definition) is 11. The monoisotopic (exact) mass is 823 g/mol. The van der Waals surface area contributed by atoms with E-state index in [1.54, 1.807) is 6.07 Å². The van der Waals surface area contributed by atoms with Gasteiger partial charge in [-0.05, 0) is 71.3 Å². The summed E-state index contributed by atoms with van der Waals surface area (Å²) < 4.78 is 29.8. The van der Waals surface area contributed by atoms with E-state index < -0.39 is 32.6 Å². The molecule has 0 bridgehead atoms. The Labute approximate surface area is 338 Å². The van der Waals surface area contributed by atoms with E-state index in [0.717, 1.165) is 60.5 Å². The van der Waals surface area contributed by atoms with Crippen molar-refractivity contribution in [2.45, 2.75) is 28.8 Å². The number of aromatic nitrogens is 2. The Morgan fingerprint density at radius 3 is 2.37 bits per heavy atom. The van der Waals surface area contributed by atoms with Crippen molar-refractivity contribution in [3.63, 3.8) is 0 Å². The minimum atomic E-state index is -4.35. The van der Waals surface area contributed by atoms with Crippen molar-refractivity contribution in [3.8, 4) is 11.1 Å². The molecule has 16 heteroatoms. The van der Waals surface area contributed by atoms with E-state index in [0.29, 0.717) is 21.7 Å². The predicted octanol–water partition coefficient (Wildman–Crippen LogP) is 8.03. The number of piperazine rings is 1. The van der Waals surface area contributed by atoms with Crippen LogP contribution < -0.4 is 14.9 Å². The summed E-state index contributed by atoms with van der Waals surface area (Å²) >= 11 is 7.81. The maximum absolute atomic E-state index is 13.6. The van der Waals surface area contributed by atoms with Gasteiger partial charge in [0.25, 0.3) is 15.7 Å². The van der Waals surface area contributed by atoms with Gasteiger partial charge in [0.15, 0.2) is 5.82 Å². The molecule has 2 heterocycles. The number of carbonyl (C=O) groups is 1. The molecule has 0 aliphatic carbocycles. The molecular formula is C41H38ClN7O6S2. The zero-order valence-corrected chi connectivity index (χ0v) is 32.9. The van der Waals surface area contributed by atoms with Crippen LogP contribution in [0, 0.1) is 10.1 Å². The fraction of sp³-hybridized carbons (Fsp3) is 0.195. The van der Waals surface area contributed by atoms with Gasteiger partial charge in [0.1, 0.15) is 12.0 Å².